The molecule has 0 fully saturated rings. The van der Waals surface area contributed by atoms with Crippen molar-refractivity contribution in [2.24, 2.45) is 0 Å². The van der Waals surface area contributed by atoms with Crippen molar-refractivity contribution in [2.75, 3.05) is 0 Å². The summed E-state index contributed by atoms with van der Waals surface area (Å²) in [7, 11) is -1.97. The highest BCUT2D eigenvalue weighted by atomic mass is 16.6. The third-order valence-corrected chi connectivity index (χ3v) is 1.72. The minimum Gasteiger partial charge on any atom is -0.485 e. The summed E-state index contributed by atoms with van der Waals surface area (Å²) < 4.78 is 4.13. The molecule has 0 amide bonds. The summed E-state index contributed by atoms with van der Waals surface area (Å²) in [5.74, 6) is -0.550. The van der Waals surface area contributed by atoms with Crippen LogP contribution in [0.5, 0.6) is 0 Å². The van der Waals surface area contributed by atoms with Crippen LogP contribution in [0.25, 0.3) is 0 Å². The van der Waals surface area contributed by atoms with Crippen molar-refractivity contribution < 1.29 is 19.5 Å². The van der Waals surface area contributed by atoms with E-state index in [4.69, 9.17) is 10.0 Å². The molecule has 0 aliphatic heterocycles. The number of hydrogen-bond donors (Lipinski definition) is 2. The van der Waals surface area contributed by atoms with Crippen molar-refractivity contribution in [3.63, 3.8) is 0 Å². The average molecular weight is 188 g/mol. The highest BCUT2D eigenvalue weighted by molar-refractivity contribution is 6.35. The Balaban J connectivity index is 3.17. The standard InChI is InChI=1S/C8H17BO4/c1-2-3-4-5-6-7-8(10)13-9(11)12/h11-12H,2-7H2,1H3. The SMILES string of the molecule is CCCCCCCC(=O)OB(O)O. The van der Waals surface area contributed by atoms with Gasteiger partial charge in [-0.2, -0.15) is 0 Å². The molecule has 0 spiro atoms. The van der Waals surface area contributed by atoms with E-state index in [-0.39, 0.29) is 6.42 Å². The molecular formula is C8H17BO4. The van der Waals surface area contributed by atoms with E-state index in [1.807, 2.05) is 0 Å². The summed E-state index contributed by atoms with van der Waals surface area (Å²) in [5.41, 5.74) is 0. The maximum absolute atomic E-state index is 10.7. The molecule has 5 heteroatoms. The first-order chi connectivity index (χ1) is 6.16. The molecule has 0 saturated heterocycles. The Labute approximate surface area is 79.1 Å². The van der Waals surface area contributed by atoms with Crippen molar-refractivity contribution in [3.05, 3.63) is 0 Å². The van der Waals surface area contributed by atoms with E-state index in [1.54, 1.807) is 0 Å². The van der Waals surface area contributed by atoms with E-state index < -0.39 is 13.3 Å². The third kappa shape index (κ3) is 9.37. The number of rotatable bonds is 7. The summed E-state index contributed by atoms with van der Waals surface area (Å²) in [6.07, 6.45) is 5.47. The smallest absolute Gasteiger partial charge is 0.485 e. The predicted octanol–water partition coefficient (Wildman–Crippen LogP) is 0.860. The molecule has 0 rings (SSSR count). The minimum absolute atomic E-state index is 0.265. The first kappa shape index (κ1) is 12.5. The largest absolute Gasteiger partial charge is 0.709 e. The molecule has 0 heterocycles. The van der Waals surface area contributed by atoms with Gasteiger partial charge in [-0.25, -0.2) is 0 Å². The molecule has 0 unspecified atom stereocenters. The van der Waals surface area contributed by atoms with Gasteiger partial charge in [-0.05, 0) is 6.42 Å². The van der Waals surface area contributed by atoms with E-state index >= 15 is 0 Å². The lowest BCUT2D eigenvalue weighted by Gasteiger charge is -2.02. The van der Waals surface area contributed by atoms with Crippen LogP contribution in [0.15, 0.2) is 0 Å². The van der Waals surface area contributed by atoms with Crippen LogP contribution < -0.4 is 0 Å². The zero-order valence-electron chi connectivity index (χ0n) is 8.03. The van der Waals surface area contributed by atoms with E-state index in [0.717, 1.165) is 19.3 Å². The van der Waals surface area contributed by atoms with E-state index in [9.17, 15) is 4.79 Å². The van der Waals surface area contributed by atoms with Crippen LogP contribution in [-0.2, 0) is 9.45 Å². The van der Waals surface area contributed by atoms with Crippen molar-refractivity contribution >= 4 is 13.3 Å². The first-order valence-electron chi connectivity index (χ1n) is 4.72. The fourth-order valence-corrected chi connectivity index (χ4v) is 1.05. The monoisotopic (exact) mass is 188 g/mol. The van der Waals surface area contributed by atoms with Crippen LogP contribution in [0.3, 0.4) is 0 Å². The van der Waals surface area contributed by atoms with Gasteiger partial charge >= 0.3 is 7.32 Å². The summed E-state index contributed by atoms with van der Waals surface area (Å²) in [6.45, 7) is 2.12. The van der Waals surface area contributed by atoms with Gasteiger partial charge < -0.3 is 14.7 Å². The minimum atomic E-state index is -1.97. The van der Waals surface area contributed by atoms with Crippen molar-refractivity contribution in [1.29, 1.82) is 0 Å². The lowest BCUT2D eigenvalue weighted by molar-refractivity contribution is -0.137. The van der Waals surface area contributed by atoms with Gasteiger partial charge in [0, 0.05) is 6.42 Å². The molecule has 0 bridgehead atoms. The third-order valence-electron chi connectivity index (χ3n) is 1.72. The van der Waals surface area contributed by atoms with Gasteiger partial charge in [-0.15, -0.1) is 0 Å². The summed E-state index contributed by atoms with van der Waals surface area (Å²) >= 11 is 0. The van der Waals surface area contributed by atoms with Gasteiger partial charge in [-0.1, -0.05) is 32.6 Å². The van der Waals surface area contributed by atoms with Crippen molar-refractivity contribution in [3.8, 4) is 0 Å². The fraction of sp³-hybridized carbons (Fsp3) is 0.875. The van der Waals surface area contributed by atoms with Gasteiger partial charge in [0.15, 0.2) is 0 Å². The Morgan fingerprint density at radius 2 is 1.85 bits per heavy atom. The van der Waals surface area contributed by atoms with Crippen LogP contribution >= 0.6 is 0 Å². The lowest BCUT2D eigenvalue weighted by Crippen LogP contribution is -2.21. The maximum atomic E-state index is 10.7. The molecule has 0 atom stereocenters. The molecular weight excluding hydrogens is 171 g/mol. The molecule has 0 saturated carbocycles. The molecule has 2 N–H and O–H groups in total. The summed E-state index contributed by atoms with van der Waals surface area (Å²) in [5, 5.41) is 16.6. The Morgan fingerprint density at radius 1 is 1.23 bits per heavy atom. The topological polar surface area (TPSA) is 66.8 Å². The van der Waals surface area contributed by atoms with Crippen LogP contribution in [0.1, 0.15) is 45.4 Å². The summed E-state index contributed by atoms with van der Waals surface area (Å²) in [4.78, 5) is 10.7. The number of carbonyl (C=O) groups excluding carboxylic acids is 1. The molecule has 0 radical (unpaired) electrons. The van der Waals surface area contributed by atoms with E-state index in [1.165, 1.54) is 12.8 Å². The normalized spacial score (nSPS) is 9.77. The average Bonchev–Trinajstić information content (AvgIpc) is 2.02. The van der Waals surface area contributed by atoms with Crippen LogP contribution in [0.2, 0.25) is 0 Å². The fourth-order valence-electron chi connectivity index (χ4n) is 1.05. The lowest BCUT2D eigenvalue weighted by atomic mass is 10.1. The number of hydrogen-bond acceptors (Lipinski definition) is 4. The Morgan fingerprint density at radius 3 is 2.38 bits per heavy atom. The van der Waals surface area contributed by atoms with Crippen molar-refractivity contribution in [1.82, 2.24) is 0 Å². The van der Waals surface area contributed by atoms with Gasteiger partial charge in [0.2, 0.25) is 0 Å². The van der Waals surface area contributed by atoms with Crippen LogP contribution in [-0.4, -0.2) is 23.3 Å². The first-order valence-corrected chi connectivity index (χ1v) is 4.72. The number of carbonyl (C=O) groups is 1. The second kappa shape index (κ2) is 8.07. The second-order valence-corrected chi connectivity index (χ2v) is 2.98. The van der Waals surface area contributed by atoms with E-state index in [2.05, 4.69) is 11.6 Å². The van der Waals surface area contributed by atoms with Gasteiger partial charge in [0.05, 0.1) is 0 Å². The molecule has 0 aliphatic rings. The zero-order chi connectivity index (χ0) is 10.1. The summed E-state index contributed by atoms with van der Waals surface area (Å²) in [6, 6.07) is 0. The highest BCUT2D eigenvalue weighted by Gasteiger charge is 2.14. The zero-order valence-corrected chi connectivity index (χ0v) is 8.03. The molecule has 0 aromatic heterocycles. The molecule has 0 aromatic carbocycles. The van der Waals surface area contributed by atoms with Crippen molar-refractivity contribution in [2.45, 2.75) is 45.4 Å². The number of unbranched alkanes of at least 4 members (excludes halogenated alkanes) is 4. The molecule has 4 nitrogen and oxygen atoms in total. The van der Waals surface area contributed by atoms with Crippen LogP contribution in [0.4, 0.5) is 0 Å². The Bertz CT molecular complexity index is 138. The van der Waals surface area contributed by atoms with Gasteiger partial charge in [0.25, 0.3) is 5.97 Å². The van der Waals surface area contributed by atoms with Crippen LogP contribution in [0, 0.1) is 0 Å². The molecule has 0 aliphatic carbocycles. The quantitative estimate of drug-likeness (QED) is 0.459. The Hall–Kier alpha value is -0.545. The highest BCUT2D eigenvalue weighted by Crippen LogP contribution is 2.05. The molecule has 13 heavy (non-hydrogen) atoms. The molecule has 0 aromatic rings. The Kier molecular flexibility index (Phi) is 7.73. The molecule has 76 valence electrons. The van der Waals surface area contributed by atoms with Gasteiger partial charge in [-0.3, -0.25) is 4.79 Å². The van der Waals surface area contributed by atoms with Gasteiger partial charge in [0.1, 0.15) is 0 Å². The predicted molar refractivity (Wildman–Crippen MR) is 49.7 cm³/mol. The maximum Gasteiger partial charge on any atom is 0.709 e. The second-order valence-electron chi connectivity index (χ2n) is 2.98. The van der Waals surface area contributed by atoms with E-state index in [0.29, 0.717) is 0 Å².